The summed E-state index contributed by atoms with van der Waals surface area (Å²) in [5, 5.41) is 23.5. The molecule has 0 aliphatic rings. The number of nitrogens with zero attached hydrogens (tertiary/aromatic N) is 4. The SMILES string of the molecule is Cn1ccnc1C(Nc1ccc(C#N)cc1[N+](=O)[O-])c1ccc(F)cc1. The molecule has 0 bridgehead atoms. The van der Waals surface area contributed by atoms with Crippen molar-refractivity contribution < 1.29 is 9.31 Å². The fourth-order valence-electron chi connectivity index (χ4n) is 2.64. The van der Waals surface area contributed by atoms with Gasteiger partial charge in [-0.2, -0.15) is 5.26 Å². The van der Waals surface area contributed by atoms with E-state index in [4.69, 9.17) is 5.26 Å². The summed E-state index contributed by atoms with van der Waals surface area (Å²) in [7, 11) is 1.80. The maximum atomic E-state index is 13.3. The molecule has 0 spiro atoms. The van der Waals surface area contributed by atoms with E-state index in [0.29, 0.717) is 11.4 Å². The van der Waals surface area contributed by atoms with E-state index in [2.05, 4.69) is 10.3 Å². The summed E-state index contributed by atoms with van der Waals surface area (Å²) in [6.07, 6.45) is 3.36. The van der Waals surface area contributed by atoms with Gasteiger partial charge in [0.1, 0.15) is 23.4 Å². The van der Waals surface area contributed by atoms with Crippen LogP contribution >= 0.6 is 0 Å². The molecule has 0 saturated heterocycles. The van der Waals surface area contributed by atoms with Crippen molar-refractivity contribution in [3.63, 3.8) is 0 Å². The minimum Gasteiger partial charge on any atom is -0.366 e. The molecule has 0 radical (unpaired) electrons. The summed E-state index contributed by atoms with van der Waals surface area (Å²) in [5.41, 5.74) is 0.911. The maximum Gasteiger partial charge on any atom is 0.293 e. The Balaban J connectivity index is 2.07. The van der Waals surface area contributed by atoms with E-state index >= 15 is 0 Å². The molecule has 0 amide bonds. The van der Waals surface area contributed by atoms with Gasteiger partial charge < -0.3 is 9.88 Å². The minimum absolute atomic E-state index is 0.192. The zero-order chi connectivity index (χ0) is 18.7. The van der Waals surface area contributed by atoms with Gasteiger partial charge in [-0.05, 0) is 29.8 Å². The van der Waals surface area contributed by atoms with E-state index < -0.39 is 11.0 Å². The molecule has 0 aliphatic carbocycles. The lowest BCUT2D eigenvalue weighted by Gasteiger charge is -2.20. The number of anilines is 1. The molecule has 3 aromatic rings. The summed E-state index contributed by atoms with van der Waals surface area (Å²) in [6.45, 7) is 0. The Morgan fingerprint density at radius 1 is 1.31 bits per heavy atom. The van der Waals surface area contributed by atoms with Gasteiger partial charge in [0, 0.05) is 25.5 Å². The largest absolute Gasteiger partial charge is 0.366 e. The van der Waals surface area contributed by atoms with Gasteiger partial charge in [-0.25, -0.2) is 9.37 Å². The lowest BCUT2D eigenvalue weighted by atomic mass is 10.0. The van der Waals surface area contributed by atoms with Crippen molar-refractivity contribution in [1.82, 2.24) is 9.55 Å². The first-order valence-corrected chi connectivity index (χ1v) is 7.67. The molecule has 2 aromatic carbocycles. The van der Waals surface area contributed by atoms with Crippen LogP contribution in [0.3, 0.4) is 0 Å². The standard InChI is InChI=1S/C18H14FN5O2/c1-23-9-8-21-18(23)17(13-3-5-14(19)6-4-13)22-15-7-2-12(11-20)10-16(15)24(25)26/h2-10,17,22H,1H3. The molecule has 1 N–H and O–H groups in total. The minimum atomic E-state index is -0.552. The molecule has 8 heteroatoms. The zero-order valence-corrected chi connectivity index (χ0v) is 13.8. The fourth-order valence-corrected chi connectivity index (χ4v) is 2.64. The van der Waals surface area contributed by atoms with E-state index in [0.717, 1.165) is 0 Å². The first-order valence-electron chi connectivity index (χ1n) is 7.67. The van der Waals surface area contributed by atoms with Crippen LogP contribution in [-0.4, -0.2) is 14.5 Å². The molecule has 1 unspecified atom stereocenters. The van der Waals surface area contributed by atoms with Gasteiger partial charge >= 0.3 is 0 Å². The summed E-state index contributed by atoms with van der Waals surface area (Å²) < 4.78 is 15.1. The predicted octanol–water partition coefficient (Wildman–Crippen LogP) is 3.54. The van der Waals surface area contributed by atoms with Crippen LogP contribution in [0.4, 0.5) is 15.8 Å². The van der Waals surface area contributed by atoms with Crippen LogP contribution < -0.4 is 5.32 Å². The summed E-state index contributed by atoms with van der Waals surface area (Å²) in [6, 6.07) is 11.4. The number of aromatic nitrogens is 2. The predicted molar refractivity (Wildman–Crippen MR) is 92.9 cm³/mol. The normalized spacial score (nSPS) is 11.6. The third-order valence-corrected chi connectivity index (χ3v) is 3.94. The van der Waals surface area contributed by atoms with Crippen LogP contribution in [0, 0.1) is 27.3 Å². The molecule has 0 saturated carbocycles. The molecule has 7 nitrogen and oxygen atoms in total. The van der Waals surface area contributed by atoms with Gasteiger partial charge in [-0.1, -0.05) is 12.1 Å². The van der Waals surface area contributed by atoms with Crippen molar-refractivity contribution in [2.24, 2.45) is 7.05 Å². The lowest BCUT2D eigenvalue weighted by molar-refractivity contribution is -0.384. The third kappa shape index (κ3) is 3.37. The molecule has 1 heterocycles. The smallest absolute Gasteiger partial charge is 0.293 e. The van der Waals surface area contributed by atoms with Crippen molar-refractivity contribution in [3.8, 4) is 6.07 Å². The number of rotatable bonds is 5. The lowest BCUT2D eigenvalue weighted by Crippen LogP contribution is -2.17. The van der Waals surface area contributed by atoms with E-state index in [9.17, 15) is 14.5 Å². The topological polar surface area (TPSA) is 96.8 Å². The Bertz CT molecular complexity index is 992. The quantitative estimate of drug-likeness (QED) is 0.560. The van der Waals surface area contributed by atoms with Gasteiger partial charge in [0.2, 0.25) is 0 Å². The molecule has 3 rings (SSSR count). The highest BCUT2D eigenvalue weighted by Crippen LogP contribution is 2.32. The Morgan fingerprint density at radius 3 is 2.62 bits per heavy atom. The maximum absolute atomic E-state index is 13.3. The van der Waals surface area contributed by atoms with E-state index in [1.54, 1.807) is 36.1 Å². The van der Waals surface area contributed by atoms with E-state index in [1.165, 1.54) is 30.3 Å². The van der Waals surface area contributed by atoms with Crippen LogP contribution in [0.5, 0.6) is 0 Å². The Kier molecular flexibility index (Phi) is 4.62. The number of hydrogen-bond donors (Lipinski definition) is 1. The number of benzene rings is 2. The van der Waals surface area contributed by atoms with Crippen LogP contribution in [0.1, 0.15) is 23.0 Å². The first kappa shape index (κ1) is 17.1. The number of imidazole rings is 1. The second-order valence-electron chi connectivity index (χ2n) is 5.63. The molecule has 26 heavy (non-hydrogen) atoms. The average molecular weight is 351 g/mol. The molecule has 130 valence electrons. The number of nitro groups is 1. The van der Waals surface area contributed by atoms with Crippen LogP contribution in [0.25, 0.3) is 0 Å². The molecule has 1 aromatic heterocycles. The number of nitriles is 1. The highest BCUT2D eigenvalue weighted by molar-refractivity contribution is 5.65. The average Bonchev–Trinajstić information content (AvgIpc) is 3.06. The molecule has 1 atom stereocenters. The Hall–Kier alpha value is -3.73. The molecular weight excluding hydrogens is 337 g/mol. The van der Waals surface area contributed by atoms with Gasteiger partial charge in [0.05, 0.1) is 16.6 Å². The highest BCUT2D eigenvalue weighted by Gasteiger charge is 2.23. The molecule has 0 aliphatic heterocycles. The fraction of sp³-hybridized carbons (Fsp3) is 0.111. The second kappa shape index (κ2) is 7.03. The summed E-state index contributed by atoms with van der Waals surface area (Å²) in [5.74, 6) is 0.229. The van der Waals surface area contributed by atoms with Crippen molar-refractivity contribution in [3.05, 3.63) is 87.7 Å². The monoisotopic (exact) mass is 351 g/mol. The molecular formula is C18H14FN5O2. The van der Waals surface area contributed by atoms with Gasteiger partial charge in [0.15, 0.2) is 0 Å². The van der Waals surface area contributed by atoms with E-state index in [1.807, 2.05) is 6.07 Å². The third-order valence-electron chi connectivity index (χ3n) is 3.94. The van der Waals surface area contributed by atoms with Crippen molar-refractivity contribution in [2.45, 2.75) is 6.04 Å². The number of aryl methyl sites for hydroxylation is 1. The van der Waals surface area contributed by atoms with Crippen LogP contribution in [-0.2, 0) is 7.05 Å². The van der Waals surface area contributed by atoms with Crippen molar-refractivity contribution >= 4 is 11.4 Å². The first-order chi connectivity index (χ1) is 12.5. The van der Waals surface area contributed by atoms with Crippen LogP contribution in [0.15, 0.2) is 54.9 Å². The summed E-state index contributed by atoms with van der Waals surface area (Å²) >= 11 is 0. The second-order valence-corrected chi connectivity index (χ2v) is 5.63. The van der Waals surface area contributed by atoms with E-state index in [-0.39, 0.29) is 22.8 Å². The number of nitrogens with one attached hydrogen (secondary N) is 1. The molecule has 0 fully saturated rings. The zero-order valence-electron chi connectivity index (χ0n) is 13.8. The van der Waals surface area contributed by atoms with Gasteiger partial charge in [-0.3, -0.25) is 10.1 Å². The Morgan fingerprint density at radius 2 is 2.04 bits per heavy atom. The highest BCUT2D eigenvalue weighted by atomic mass is 19.1. The number of hydrogen-bond acceptors (Lipinski definition) is 5. The van der Waals surface area contributed by atoms with Gasteiger partial charge in [-0.15, -0.1) is 0 Å². The summed E-state index contributed by atoms with van der Waals surface area (Å²) in [4.78, 5) is 15.1. The number of halogens is 1. The van der Waals surface area contributed by atoms with Gasteiger partial charge in [0.25, 0.3) is 5.69 Å². The van der Waals surface area contributed by atoms with Crippen LogP contribution in [0.2, 0.25) is 0 Å². The van der Waals surface area contributed by atoms with Crippen molar-refractivity contribution in [1.29, 1.82) is 5.26 Å². The Labute approximate surface area is 148 Å². The number of nitro benzene ring substituents is 1. The van der Waals surface area contributed by atoms with Crippen molar-refractivity contribution in [2.75, 3.05) is 5.32 Å².